The summed E-state index contributed by atoms with van der Waals surface area (Å²) in [5, 5.41) is 3.33. The Kier molecular flexibility index (Phi) is 2.81. The number of hydrogen-bond donors (Lipinski definition) is 1. The zero-order valence-electron chi connectivity index (χ0n) is 11.5. The summed E-state index contributed by atoms with van der Waals surface area (Å²) in [5.41, 5.74) is -0.0260. The van der Waals surface area contributed by atoms with Crippen LogP contribution >= 0.6 is 0 Å². The van der Waals surface area contributed by atoms with Crippen LogP contribution < -0.4 is 5.32 Å². The van der Waals surface area contributed by atoms with Gasteiger partial charge < -0.3 is 15.0 Å². The fourth-order valence-electron chi connectivity index (χ4n) is 3.63. The number of urea groups is 1. The Morgan fingerprint density at radius 3 is 2.94 bits per heavy atom. The van der Waals surface area contributed by atoms with E-state index in [9.17, 15) is 4.79 Å². The quantitative estimate of drug-likeness (QED) is 0.777. The monoisotopic (exact) mass is 252 g/mol. The number of morpholine rings is 1. The van der Waals surface area contributed by atoms with Crippen LogP contribution in [0.1, 0.15) is 46.0 Å². The third-order valence-corrected chi connectivity index (χ3v) is 4.90. The molecular formula is C14H24N2O2. The van der Waals surface area contributed by atoms with Gasteiger partial charge in [0, 0.05) is 12.1 Å². The molecule has 2 aliphatic carbocycles. The van der Waals surface area contributed by atoms with Crippen molar-refractivity contribution in [1.29, 1.82) is 0 Å². The van der Waals surface area contributed by atoms with Crippen LogP contribution in [0.2, 0.25) is 0 Å². The predicted molar refractivity (Wildman–Crippen MR) is 69.4 cm³/mol. The van der Waals surface area contributed by atoms with E-state index in [1.807, 2.05) is 4.90 Å². The van der Waals surface area contributed by atoms with Gasteiger partial charge in [-0.2, -0.15) is 0 Å². The maximum Gasteiger partial charge on any atom is 0.318 e. The predicted octanol–water partition coefficient (Wildman–Crippen LogP) is 2.14. The van der Waals surface area contributed by atoms with Gasteiger partial charge in [0.1, 0.15) is 0 Å². The summed E-state index contributed by atoms with van der Waals surface area (Å²) >= 11 is 0. The van der Waals surface area contributed by atoms with E-state index in [1.165, 1.54) is 32.1 Å². The molecule has 1 saturated heterocycles. The van der Waals surface area contributed by atoms with Crippen LogP contribution in [0.25, 0.3) is 0 Å². The van der Waals surface area contributed by atoms with Crippen LogP contribution in [-0.2, 0) is 4.74 Å². The van der Waals surface area contributed by atoms with Gasteiger partial charge in [0.15, 0.2) is 0 Å². The molecule has 0 spiro atoms. The van der Waals surface area contributed by atoms with Gasteiger partial charge in [-0.1, -0.05) is 12.8 Å². The van der Waals surface area contributed by atoms with Gasteiger partial charge in [0.2, 0.25) is 0 Å². The van der Waals surface area contributed by atoms with Gasteiger partial charge in [-0.15, -0.1) is 0 Å². The van der Waals surface area contributed by atoms with Crippen molar-refractivity contribution < 1.29 is 9.53 Å². The lowest BCUT2D eigenvalue weighted by molar-refractivity contribution is -0.0287. The van der Waals surface area contributed by atoms with E-state index in [0.29, 0.717) is 19.8 Å². The highest BCUT2D eigenvalue weighted by molar-refractivity contribution is 5.76. The van der Waals surface area contributed by atoms with Crippen LogP contribution in [0.4, 0.5) is 4.79 Å². The number of carbonyl (C=O) groups is 1. The third kappa shape index (κ3) is 2.00. The summed E-state index contributed by atoms with van der Waals surface area (Å²) in [7, 11) is 0. The lowest BCUT2D eigenvalue weighted by atomic mass is 9.95. The van der Waals surface area contributed by atoms with E-state index >= 15 is 0 Å². The zero-order valence-corrected chi connectivity index (χ0v) is 11.5. The highest BCUT2D eigenvalue weighted by atomic mass is 16.5. The van der Waals surface area contributed by atoms with Crippen LogP contribution in [0.3, 0.4) is 0 Å². The lowest BCUT2D eigenvalue weighted by Crippen LogP contribution is -2.60. The molecule has 0 aromatic rings. The largest absolute Gasteiger partial charge is 0.377 e. The Balaban J connectivity index is 1.64. The van der Waals surface area contributed by atoms with E-state index in [4.69, 9.17) is 4.74 Å². The molecule has 1 heterocycles. The van der Waals surface area contributed by atoms with E-state index in [0.717, 1.165) is 5.92 Å². The van der Waals surface area contributed by atoms with E-state index in [2.05, 4.69) is 19.2 Å². The molecule has 2 atom stereocenters. The number of hydrogen-bond acceptors (Lipinski definition) is 2. The summed E-state index contributed by atoms with van der Waals surface area (Å²) < 4.78 is 5.47. The first-order valence-corrected chi connectivity index (χ1v) is 7.21. The first-order chi connectivity index (χ1) is 8.54. The molecule has 0 radical (unpaired) electrons. The Hall–Kier alpha value is -0.770. The zero-order chi connectivity index (χ0) is 12.8. The standard InChI is InChI=1S/C14H24N2O2/c1-13(2)10-18-8-7-16(13)12(17)15-14-6-4-3-5-11(14)9-14/h11H,3-10H2,1-2H3,(H,15,17). The number of carbonyl (C=O) groups excluding carboxylic acids is 1. The van der Waals surface area contributed by atoms with Crippen molar-refractivity contribution in [2.45, 2.75) is 57.0 Å². The third-order valence-electron chi connectivity index (χ3n) is 4.90. The summed E-state index contributed by atoms with van der Waals surface area (Å²) in [6.45, 7) is 6.16. The van der Waals surface area contributed by atoms with Crippen molar-refractivity contribution >= 4 is 6.03 Å². The van der Waals surface area contributed by atoms with Gasteiger partial charge in [-0.25, -0.2) is 4.79 Å². The fourth-order valence-corrected chi connectivity index (χ4v) is 3.63. The number of nitrogens with one attached hydrogen (secondary N) is 1. The van der Waals surface area contributed by atoms with Crippen LogP contribution in [-0.4, -0.2) is 41.8 Å². The molecular weight excluding hydrogens is 228 g/mol. The van der Waals surface area contributed by atoms with Crippen molar-refractivity contribution in [3.8, 4) is 0 Å². The van der Waals surface area contributed by atoms with Gasteiger partial charge >= 0.3 is 6.03 Å². The fraction of sp³-hybridized carbons (Fsp3) is 0.929. The summed E-state index contributed by atoms with van der Waals surface area (Å²) in [4.78, 5) is 14.4. The molecule has 0 aromatic heterocycles. The molecule has 18 heavy (non-hydrogen) atoms. The molecule has 1 N–H and O–H groups in total. The van der Waals surface area contributed by atoms with Crippen LogP contribution in [0.5, 0.6) is 0 Å². The summed E-state index contributed by atoms with van der Waals surface area (Å²) in [5.74, 6) is 0.749. The molecule has 2 unspecified atom stereocenters. The Morgan fingerprint density at radius 2 is 2.22 bits per heavy atom. The minimum Gasteiger partial charge on any atom is -0.377 e. The van der Waals surface area contributed by atoms with E-state index in [-0.39, 0.29) is 17.1 Å². The summed E-state index contributed by atoms with van der Waals surface area (Å²) in [6, 6.07) is 0.118. The topological polar surface area (TPSA) is 41.6 Å². The Bertz CT molecular complexity index is 356. The molecule has 3 aliphatic rings. The number of amides is 2. The highest BCUT2D eigenvalue weighted by Crippen LogP contribution is 2.53. The molecule has 2 amide bonds. The molecule has 0 bridgehead atoms. The lowest BCUT2D eigenvalue weighted by Gasteiger charge is -2.43. The van der Waals surface area contributed by atoms with Gasteiger partial charge in [-0.05, 0) is 39.0 Å². The average molecular weight is 252 g/mol. The Labute approximate surface area is 109 Å². The minimum absolute atomic E-state index is 0.118. The molecule has 3 fully saturated rings. The molecule has 2 saturated carbocycles. The van der Waals surface area contributed by atoms with Gasteiger partial charge in [0.05, 0.1) is 18.8 Å². The van der Waals surface area contributed by atoms with Crippen molar-refractivity contribution in [2.24, 2.45) is 5.92 Å². The first kappa shape index (κ1) is 12.3. The minimum atomic E-state index is -0.183. The number of nitrogens with zero attached hydrogens (tertiary/aromatic N) is 1. The molecule has 4 nitrogen and oxygen atoms in total. The molecule has 102 valence electrons. The number of rotatable bonds is 1. The normalized spacial score (nSPS) is 37.9. The number of fused-ring (bicyclic) bond motifs is 1. The maximum atomic E-state index is 12.5. The smallest absolute Gasteiger partial charge is 0.318 e. The first-order valence-electron chi connectivity index (χ1n) is 7.21. The van der Waals surface area contributed by atoms with E-state index in [1.54, 1.807) is 0 Å². The molecule has 4 heteroatoms. The molecule has 3 rings (SSSR count). The van der Waals surface area contributed by atoms with Crippen molar-refractivity contribution in [3.63, 3.8) is 0 Å². The van der Waals surface area contributed by atoms with Gasteiger partial charge in [0.25, 0.3) is 0 Å². The second kappa shape index (κ2) is 4.12. The molecule has 0 aromatic carbocycles. The van der Waals surface area contributed by atoms with Gasteiger partial charge in [-0.3, -0.25) is 0 Å². The Morgan fingerprint density at radius 1 is 1.39 bits per heavy atom. The number of ether oxygens (including phenoxy) is 1. The van der Waals surface area contributed by atoms with Crippen LogP contribution in [0, 0.1) is 5.92 Å². The van der Waals surface area contributed by atoms with Crippen molar-refractivity contribution in [1.82, 2.24) is 10.2 Å². The van der Waals surface area contributed by atoms with Crippen molar-refractivity contribution in [2.75, 3.05) is 19.8 Å². The maximum absolute atomic E-state index is 12.5. The van der Waals surface area contributed by atoms with Crippen molar-refractivity contribution in [3.05, 3.63) is 0 Å². The SMILES string of the molecule is CC1(C)COCCN1C(=O)NC12CCCCC1C2. The highest BCUT2D eigenvalue weighted by Gasteiger charge is 2.56. The average Bonchev–Trinajstić information content (AvgIpc) is 3.01. The van der Waals surface area contributed by atoms with Crippen LogP contribution in [0.15, 0.2) is 0 Å². The second-order valence-electron chi connectivity index (χ2n) is 6.75. The summed E-state index contributed by atoms with van der Waals surface area (Å²) in [6.07, 6.45) is 6.28. The van der Waals surface area contributed by atoms with E-state index < -0.39 is 0 Å². The molecule has 1 aliphatic heterocycles. The second-order valence-corrected chi connectivity index (χ2v) is 6.75.